The van der Waals surface area contributed by atoms with E-state index in [0.29, 0.717) is 0 Å². The first kappa shape index (κ1) is 18.1. The Bertz CT molecular complexity index is 929. The van der Waals surface area contributed by atoms with Crippen LogP contribution in [0.15, 0.2) is 47.5 Å². The quantitative estimate of drug-likeness (QED) is 0.632. The summed E-state index contributed by atoms with van der Waals surface area (Å²) in [5, 5.41) is 8.74. The number of thioether (sulfide) groups is 1. The number of nitrogens with zero attached hydrogens (tertiary/aromatic N) is 2. The smallest absolute Gasteiger partial charge is 0.183 e. The Kier molecular flexibility index (Phi) is 5.79. The van der Waals surface area contributed by atoms with E-state index in [9.17, 15) is 0 Å². The summed E-state index contributed by atoms with van der Waals surface area (Å²) < 4.78 is 6.41. The molecule has 5 nitrogen and oxygen atoms in total. The summed E-state index contributed by atoms with van der Waals surface area (Å²) in [5.41, 5.74) is 3.29. The molecule has 0 amide bonds. The van der Waals surface area contributed by atoms with Crippen molar-refractivity contribution in [3.8, 4) is 5.75 Å². The van der Waals surface area contributed by atoms with Gasteiger partial charge in [0, 0.05) is 18.8 Å². The van der Waals surface area contributed by atoms with Gasteiger partial charge < -0.3 is 15.4 Å². The molecular formula is C20H22N4OS2. The first-order valence-electron chi connectivity index (χ1n) is 9.03. The van der Waals surface area contributed by atoms with Crippen LogP contribution in [0.4, 0.5) is 10.8 Å². The van der Waals surface area contributed by atoms with E-state index < -0.39 is 0 Å². The number of thiazole rings is 1. The van der Waals surface area contributed by atoms with E-state index in [1.54, 1.807) is 30.2 Å². The molecule has 0 atom stereocenters. The molecule has 1 saturated heterocycles. The zero-order valence-corrected chi connectivity index (χ0v) is 16.8. The van der Waals surface area contributed by atoms with Crippen LogP contribution in [-0.2, 0) is 6.42 Å². The van der Waals surface area contributed by atoms with Crippen LogP contribution < -0.4 is 15.4 Å². The summed E-state index contributed by atoms with van der Waals surface area (Å²) in [7, 11) is 1.68. The van der Waals surface area contributed by atoms with Gasteiger partial charge in [0.25, 0.3) is 0 Å². The predicted octanol–water partition coefficient (Wildman–Crippen LogP) is 4.67. The Morgan fingerprint density at radius 1 is 1.22 bits per heavy atom. The number of anilines is 1. The first-order chi connectivity index (χ1) is 13.3. The number of aromatic nitrogens is 1. The molecule has 0 radical (unpaired) electrons. The van der Waals surface area contributed by atoms with Gasteiger partial charge in [0.05, 0.1) is 23.0 Å². The number of benzene rings is 2. The third-order valence-corrected chi connectivity index (χ3v) is 6.27. The van der Waals surface area contributed by atoms with Crippen LogP contribution in [0.3, 0.4) is 0 Å². The van der Waals surface area contributed by atoms with Gasteiger partial charge in [-0.15, -0.1) is 0 Å². The fraction of sp³-hybridized carbons (Fsp3) is 0.300. The Morgan fingerprint density at radius 3 is 2.89 bits per heavy atom. The Labute approximate surface area is 167 Å². The van der Waals surface area contributed by atoms with E-state index in [-0.39, 0.29) is 0 Å². The topological polar surface area (TPSA) is 58.5 Å². The molecular weight excluding hydrogens is 376 g/mol. The molecule has 0 spiro atoms. The lowest BCUT2D eigenvalue weighted by molar-refractivity contribution is 0.415. The van der Waals surface area contributed by atoms with Crippen LogP contribution >= 0.6 is 23.1 Å². The van der Waals surface area contributed by atoms with E-state index in [1.807, 2.05) is 18.2 Å². The Balaban J connectivity index is 1.32. The number of hydrogen-bond donors (Lipinski definition) is 2. The number of aliphatic imine (C=N–C) groups is 1. The highest BCUT2D eigenvalue weighted by atomic mass is 32.2. The zero-order chi connectivity index (χ0) is 18.5. The molecule has 27 heavy (non-hydrogen) atoms. The number of ether oxygens (including phenoxy) is 1. The van der Waals surface area contributed by atoms with Crippen molar-refractivity contribution in [1.29, 1.82) is 0 Å². The van der Waals surface area contributed by atoms with Crippen molar-refractivity contribution in [3.63, 3.8) is 0 Å². The van der Waals surface area contributed by atoms with E-state index in [4.69, 9.17) is 4.74 Å². The highest BCUT2D eigenvalue weighted by Crippen LogP contribution is 2.29. The third kappa shape index (κ3) is 4.73. The normalized spacial score (nSPS) is 15.7. The molecule has 2 N–H and O–H groups in total. The summed E-state index contributed by atoms with van der Waals surface area (Å²) in [5.74, 6) is 2.01. The second kappa shape index (κ2) is 8.63. The van der Waals surface area contributed by atoms with Crippen molar-refractivity contribution in [2.75, 3.05) is 31.3 Å². The van der Waals surface area contributed by atoms with Gasteiger partial charge in [-0.1, -0.05) is 35.2 Å². The number of nitrogens with one attached hydrogen (secondary N) is 2. The van der Waals surface area contributed by atoms with Crippen LogP contribution in [0, 0.1) is 0 Å². The number of hydrogen-bond acceptors (Lipinski definition) is 6. The van der Waals surface area contributed by atoms with E-state index in [2.05, 4.69) is 44.9 Å². The molecule has 1 aliphatic heterocycles. The molecule has 7 heteroatoms. The van der Waals surface area contributed by atoms with Crippen molar-refractivity contribution in [2.24, 2.45) is 4.99 Å². The SMILES string of the molecule is COc1ccc2nc(NCCc3ccc(/N=C4/NCCCS4)cc3)sc2c1. The van der Waals surface area contributed by atoms with Crippen LogP contribution in [0.2, 0.25) is 0 Å². The van der Waals surface area contributed by atoms with Gasteiger partial charge in [-0.2, -0.15) is 0 Å². The lowest BCUT2D eigenvalue weighted by atomic mass is 10.1. The Hall–Kier alpha value is -2.25. The minimum atomic E-state index is 0.849. The van der Waals surface area contributed by atoms with Gasteiger partial charge >= 0.3 is 0 Å². The lowest BCUT2D eigenvalue weighted by Crippen LogP contribution is -2.26. The first-order valence-corrected chi connectivity index (χ1v) is 10.8. The van der Waals surface area contributed by atoms with Crippen LogP contribution in [-0.4, -0.2) is 36.1 Å². The maximum atomic E-state index is 5.27. The summed E-state index contributed by atoms with van der Waals surface area (Å²) in [6, 6.07) is 14.4. The van der Waals surface area contributed by atoms with Gasteiger partial charge in [-0.3, -0.25) is 0 Å². The number of amidine groups is 1. The molecule has 1 aromatic heterocycles. The maximum absolute atomic E-state index is 5.27. The van der Waals surface area contributed by atoms with Crippen molar-refractivity contribution < 1.29 is 4.74 Å². The second-order valence-electron chi connectivity index (χ2n) is 6.24. The average molecular weight is 399 g/mol. The Morgan fingerprint density at radius 2 is 2.11 bits per heavy atom. The molecule has 0 unspecified atom stereocenters. The summed E-state index contributed by atoms with van der Waals surface area (Å²) in [6.45, 7) is 1.87. The molecule has 0 bridgehead atoms. The largest absolute Gasteiger partial charge is 0.497 e. The molecule has 1 fully saturated rings. The minimum Gasteiger partial charge on any atom is -0.497 e. The molecule has 2 aromatic carbocycles. The van der Waals surface area contributed by atoms with Crippen molar-refractivity contribution >= 4 is 49.3 Å². The van der Waals surface area contributed by atoms with E-state index in [0.717, 1.165) is 57.2 Å². The summed E-state index contributed by atoms with van der Waals surface area (Å²) in [6.07, 6.45) is 2.15. The average Bonchev–Trinajstić information content (AvgIpc) is 3.12. The fourth-order valence-electron chi connectivity index (χ4n) is 2.83. The van der Waals surface area contributed by atoms with Crippen molar-refractivity contribution in [2.45, 2.75) is 12.8 Å². The molecule has 3 aromatic rings. The lowest BCUT2D eigenvalue weighted by Gasteiger charge is -2.14. The standard InChI is InChI=1S/C20H22N4OS2/c1-25-16-7-8-17-18(13-16)27-20(24-17)22-11-9-14-3-5-15(6-4-14)23-19-21-10-2-12-26-19/h3-8,13H,2,9-12H2,1H3,(H,21,23)(H,22,24). The molecule has 2 heterocycles. The van der Waals surface area contributed by atoms with Gasteiger partial charge in [-0.05, 0) is 48.7 Å². The minimum absolute atomic E-state index is 0.849. The third-order valence-electron chi connectivity index (χ3n) is 4.29. The van der Waals surface area contributed by atoms with Gasteiger partial charge in [-0.25, -0.2) is 9.98 Å². The monoisotopic (exact) mass is 398 g/mol. The maximum Gasteiger partial charge on any atom is 0.183 e. The summed E-state index contributed by atoms with van der Waals surface area (Å²) in [4.78, 5) is 9.28. The van der Waals surface area contributed by atoms with Gasteiger partial charge in [0.2, 0.25) is 0 Å². The zero-order valence-electron chi connectivity index (χ0n) is 15.2. The van der Waals surface area contributed by atoms with Crippen LogP contribution in [0.1, 0.15) is 12.0 Å². The number of rotatable bonds is 6. The van der Waals surface area contributed by atoms with E-state index >= 15 is 0 Å². The van der Waals surface area contributed by atoms with Crippen LogP contribution in [0.5, 0.6) is 5.75 Å². The fourth-order valence-corrected chi connectivity index (χ4v) is 4.61. The molecule has 4 rings (SSSR count). The molecule has 1 aliphatic rings. The molecule has 140 valence electrons. The van der Waals surface area contributed by atoms with Gasteiger partial charge in [0.15, 0.2) is 10.3 Å². The van der Waals surface area contributed by atoms with Gasteiger partial charge in [0.1, 0.15) is 5.75 Å². The van der Waals surface area contributed by atoms with E-state index in [1.165, 1.54) is 12.0 Å². The molecule has 0 saturated carbocycles. The highest BCUT2D eigenvalue weighted by Gasteiger charge is 2.07. The summed E-state index contributed by atoms with van der Waals surface area (Å²) >= 11 is 3.45. The molecule has 0 aliphatic carbocycles. The predicted molar refractivity (Wildman–Crippen MR) is 117 cm³/mol. The highest BCUT2D eigenvalue weighted by molar-refractivity contribution is 8.13. The van der Waals surface area contributed by atoms with Crippen LogP contribution in [0.25, 0.3) is 10.2 Å². The number of methoxy groups -OCH3 is 1. The number of fused-ring (bicyclic) bond motifs is 1. The second-order valence-corrected chi connectivity index (χ2v) is 8.36. The van der Waals surface area contributed by atoms with Crippen molar-refractivity contribution in [1.82, 2.24) is 10.3 Å². The van der Waals surface area contributed by atoms with Crippen molar-refractivity contribution in [3.05, 3.63) is 48.0 Å².